The van der Waals surface area contributed by atoms with Crippen LogP contribution in [0.1, 0.15) is 65.8 Å². The van der Waals surface area contributed by atoms with E-state index in [9.17, 15) is 9.59 Å². The molecule has 8 heteroatoms. The Hall–Kier alpha value is -2.84. The molecule has 1 aliphatic heterocycles. The second kappa shape index (κ2) is 7.69. The first-order valence-corrected chi connectivity index (χ1v) is 11.1. The van der Waals surface area contributed by atoms with Gasteiger partial charge in [0.2, 0.25) is 0 Å². The highest BCUT2D eigenvalue weighted by atomic mass is 32.1. The van der Waals surface area contributed by atoms with E-state index in [1.807, 2.05) is 0 Å². The fourth-order valence-electron chi connectivity index (χ4n) is 4.31. The van der Waals surface area contributed by atoms with Crippen LogP contribution in [0.15, 0.2) is 30.6 Å². The molecule has 0 saturated heterocycles. The van der Waals surface area contributed by atoms with Crippen molar-refractivity contribution in [3.63, 3.8) is 0 Å². The summed E-state index contributed by atoms with van der Waals surface area (Å²) in [7, 11) is 0. The minimum Gasteiger partial charge on any atom is -0.462 e. The van der Waals surface area contributed by atoms with Crippen molar-refractivity contribution in [1.29, 1.82) is 0 Å². The van der Waals surface area contributed by atoms with Gasteiger partial charge in [0.25, 0.3) is 5.91 Å². The van der Waals surface area contributed by atoms with Crippen LogP contribution in [0.4, 0.5) is 5.00 Å². The lowest BCUT2D eigenvalue weighted by molar-refractivity contribution is 0.0526. The molecule has 3 heterocycles. The van der Waals surface area contributed by atoms with Gasteiger partial charge in [-0.3, -0.25) is 14.8 Å². The molecule has 2 N–H and O–H groups in total. The van der Waals surface area contributed by atoms with E-state index in [0.29, 0.717) is 33.6 Å². The van der Waals surface area contributed by atoms with Crippen LogP contribution in [0, 0.1) is 0 Å². The number of nitrogens with one attached hydrogen (secondary N) is 2. The number of thiophene rings is 1. The number of rotatable bonds is 4. The number of fused-ring (bicyclic) bond motifs is 2. The third-order valence-electron chi connectivity index (χ3n) is 5.28. The van der Waals surface area contributed by atoms with Gasteiger partial charge in [-0.05, 0) is 64.8 Å². The number of carbonyl (C=O) groups excluding carboxylic acids is 2. The number of aromatic nitrogens is 2. The molecule has 1 aromatic carbocycles. The van der Waals surface area contributed by atoms with Crippen molar-refractivity contribution in [2.45, 2.75) is 52.1 Å². The fraction of sp³-hybridized carbons (Fsp3) is 0.391. The summed E-state index contributed by atoms with van der Waals surface area (Å²) < 4.78 is 5.35. The Kier molecular flexibility index (Phi) is 5.31. The number of anilines is 1. The van der Waals surface area contributed by atoms with Gasteiger partial charge in [-0.1, -0.05) is 0 Å². The molecule has 0 saturated carbocycles. The van der Waals surface area contributed by atoms with Gasteiger partial charge >= 0.3 is 5.97 Å². The molecule has 0 atom stereocenters. The highest BCUT2D eigenvalue weighted by molar-refractivity contribution is 7.17. The van der Waals surface area contributed by atoms with Gasteiger partial charge in [-0.15, -0.1) is 11.3 Å². The quantitative estimate of drug-likeness (QED) is 0.591. The van der Waals surface area contributed by atoms with E-state index in [1.54, 1.807) is 37.5 Å². The molecule has 0 bridgehead atoms. The van der Waals surface area contributed by atoms with Gasteiger partial charge in [0.1, 0.15) is 5.00 Å². The molecule has 4 rings (SSSR count). The maximum atomic E-state index is 13.1. The fourth-order valence-corrected chi connectivity index (χ4v) is 5.57. The molecule has 1 amide bonds. The average molecular weight is 439 g/mol. The van der Waals surface area contributed by atoms with Gasteiger partial charge in [-0.25, -0.2) is 4.79 Å². The Morgan fingerprint density at radius 3 is 2.58 bits per heavy atom. The standard InChI is InChI=1S/C23H26N4O3S/c1-6-30-21(29)17-14-12-22(2,3)27-23(4,5)18(14)31-20(17)26-19(28)13-7-8-15-16(11-13)25-10-9-24-15/h7-11,27H,6,12H2,1-5H3,(H,26,28). The van der Waals surface area contributed by atoms with E-state index in [0.717, 1.165) is 10.4 Å². The summed E-state index contributed by atoms with van der Waals surface area (Å²) in [5.74, 6) is -0.713. The summed E-state index contributed by atoms with van der Waals surface area (Å²) in [6, 6.07) is 5.17. The van der Waals surface area contributed by atoms with Crippen LogP contribution in [0.25, 0.3) is 11.0 Å². The Bertz CT molecular complexity index is 1180. The van der Waals surface area contributed by atoms with Crippen LogP contribution in [0.5, 0.6) is 0 Å². The largest absolute Gasteiger partial charge is 0.462 e. The Morgan fingerprint density at radius 2 is 1.87 bits per heavy atom. The zero-order chi connectivity index (χ0) is 22.4. The lowest BCUT2D eigenvalue weighted by Crippen LogP contribution is -2.55. The number of ether oxygens (including phenoxy) is 1. The highest BCUT2D eigenvalue weighted by Gasteiger charge is 2.42. The average Bonchev–Trinajstić information content (AvgIpc) is 3.04. The number of esters is 1. The first-order chi connectivity index (χ1) is 14.6. The number of amides is 1. The number of hydrogen-bond donors (Lipinski definition) is 2. The molecular formula is C23H26N4O3S. The summed E-state index contributed by atoms with van der Waals surface area (Å²) >= 11 is 1.43. The summed E-state index contributed by atoms with van der Waals surface area (Å²) in [4.78, 5) is 35.5. The van der Waals surface area contributed by atoms with E-state index in [-0.39, 0.29) is 23.6 Å². The minimum atomic E-state index is -0.409. The Morgan fingerprint density at radius 1 is 1.16 bits per heavy atom. The van der Waals surface area contributed by atoms with Crippen molar-refractivity contribution in [1.82, 2.24) is 15.3 Å². The first kappa shape index (κ1) is 21.4. The normalized spacial score (nSPS) is 16.5. The number of nitrogens with zero attached hydrogens (tertiary/aromatic N) is 2. The van der Waals surface area contributed by atoms with Crippen LogP contribution >= 0.6 is 11.3 Å². The molecule has 0 fully saturated rings. The SMILES string of the molecule is CCOC(=O)c1c(NC(=O)c2ccc3nccnc3c2)sc2c1CC(C)(C)NC2(C)C. The lowest BCUT2D eigenvalue weighted by Gasteiger charge is -2.42. The number of carbonyl (C=O) groups is 2. The highest BCUT2D eigenvalue weighted by Crippen LogP contribution is 2.45. The predicted octanol–water partition coefficient (Wildman–Crippen LogP) is 4.28. The van der Waals surface area contributed by atoms with E-state index in [1.165, 1.54) is 11.3 Å². The molecule has 1 aliphatic rings. The molecule has 3 aromatic rings. The van der Waals surface area contributed by atoms with Crippen molar-refractivity contribution in [2.75, 3.05) is 11.9 Å². The van der Waals surface area contributed by atoms with E-state index in [4.69, 9.17) is 4.74 Å². The summed E-state index contributed by atoms with van der Waals surface area (Å²) in [5.41, 5.74) is 2.66. The zero-order valence-electron chi connectivity index (χ0n) is 18.3. The molecule has 2 aromatic heterocycles. The summed E-state index contributed by atoms with van der Waals surface area (Å²) in [5, 5.41) is 7.11. The van der Waals surface area contributed by atoms with E-state index < -0.39 is 5.97 Å². The van der Waals surface area contributed by atoms with Crippen LogP contribution in [0.3, 0.4) is 0 Å². The van der Waals surface area contributed by atoms with Crippen LogP contribution in [-0.2, 0) is 16.7 Å². The maximum Gasteiger partial charge on any atom is 0.341 e. The zero-order valence-corrected chi connectivity index (χ0v) is 19.1. The summed E-state index contributed by atoms with van der Waals surface area (Å²) in [6.45, 7) is 10.4. The molecule has 31 heavy (non-hydrogen) atoms. The molecule has 0 spiro atoms. The maximum absolute atomic E-state index is 13.1. The molecule has 0 radical (unpaired) electrons. The molecule has 162 valence electrons. The van der Waals surface area contributed by atoms with Crippen molar-refractivity contribution in [3.8, 4) is 0 Å². The van der Waals surface area contributed by atoms with Gasteiger partial charge < -0.3 is 15.4 Å². The Balaban J connectivity index is 1.76. The smallest absolute Gasteiger partial charge is 0.341 e. The third kappa shape index (κ3) is 4.05. The van der Waals surface area contributed by atoms with Gasteiger partial charge in [0.15, 0.2) is 0 Å². The van der Waals surface area contributed by atoms with Gasteiger partial charge in [0, 0.05) is 33.9 Å². The second-order valence-corrected chi connectivity index (χ2v) is 9.88. The molecule has 7 nitrogen and oxygen atoms in total. The molecule has 0 unspecified atom stereocenters. The second-order valence-electron chi connectivity index (χ2n) is 8.86. The molecular weight excluding hydrogens is 412 g/mol. The van der Waals surface area contributed by atoms with Crippen LogP contribution < -0.4 is 10.6 Å². The van der Waals surface area contributed by atoms with Crippen molar-refractivity contribution in [3.05, 3.63) is 52.2 Å². The van der Waals surface area contributed by atoms with E-state index in [2.05, 4.69) is 48.3 Å². The van der Waals surface area contributed by atoms with Crippen molar-refractivity contribution < 1.29 is 14.3 Å². The third-order valence-corrected chi connectivity index (χ3v) is 6.75. The minimum absolute atomic E-state index is 0.197. The van der Waals surface area contributed by atoms with Crippen molar-refractivity contribution >= 4 is 39.2 Å². The first-order valence-electron chi connectivity index (χ1n) is 10.3. The molecule has 0 aliphatic carbocycles. The summed E-state index contributed by atoms with van der Waals surface area (Å²) in [6.07, 6.45) is 3.87. The van der Waals surface area contributed by atoms with Gasteiger partial charge in [0.05, 0.1) is 23.2 Å². The number of hydrogen-bond acceptors (Lipinski definition) is 7. The van der Waals surface area contributed by atoms with Crippen LogP contribution in [0.2, 0.25) is 0 Å². The monoisotopic (exact) mass is 438 g/mol. The number of benzene rings is 1. The van der Waals surface area contributed by atoms with Crippen molar-refractivity contribution in [2.24, 2.45) is 0 Å². The van der Waals surface area contributed by atoms with E-state index >= 15 is 0 Å². The topological polar surface area (TPSA) is 93.2 Å². The lowest BCUT2D eigenvalue weighted by atomic mass is 9.81. The predicted molar refractivity (Wildman–Crippen MR) is 122 cm³/mol. The van der Waals surface area contributed by atoms with Gasteiger partial charge in [-0.2, -0.15) is 0 Å². The Labute approximate surface area is 185 Å². The van der Waals surface area contributed by atoms with Crippen LogP contribution in [-0.4, -0.2) is 34.0 Å².